The maximum Gasteiger partial charge on any atom is 0.305 e. The van der Waals surface area contributed by atoms with Crippen LogP contribution in [-0.2, 0) is 9.53 Å². The van der Waals surface area contributed by atoms with E-state index in [1.54, 1.807) is 0 Å². The minimum absolute atomic E-state index is 0.0442. The second-order valence-electron chi connectivity index (χ2n) is 6.23. The number of guanidine groups is 1. The summed E-state index contributed by atoms with van der Waals surface area (Å²) in [6.07, 6.45) is 2.03. The molecule has 0 heterocycles. The minimum Gasteiger partial charge on any atom is -0.490 e. The number of carbonyl (C=O) groups excluding carboxylic acids is 1. The molecule has 1 atom stereocenters. The summed E-state index contributed by atoms with van der Waals surface area (Å²) in [7, 11) is 1.41. The molecule has 7 heteroatoms. The van der Waals surface area contributed by atoms with E-state index in [0.717, 1.165) is 42.4 Å². The van der Waals surface area contributed by atoms with Crippen molar-refractivity contribution in [3.8, 4) is 11.5 Å². The summed E-state index contributed by atoms with van der Waals surface area (Å²) < 4.78 is 16.0. The number of nitrogens with zero attached hydrogens (tertiary/aromatic N) is 1. The molecule has 28 heavy (non-hydrogen) atoms. The Hall–Kier alpha value is -2.44. The second-order valence-corrected chi connectivity index (χ2v) is 6.23. The van der Waals surface area contributed by atoms with Crippen LogP contribution in [0.15, 0.2) is 23.2 Å². The van der Waals surface area contributed by atoms with E-state index in [9.17, 15) is 4.79 Å². The molecule has 0 fully saturated rings. The molecule has 0 amide bonds. The number of carbonyl (C=O) groups is 1. The summed E-state index contributed by atoms with van der Waals surface area (Å²) in [6, 6.07) is 6.03. The molecule has 1 unspecified atom stereocenters. The monoisotopic (exact) mass is 393 g/mol. The van der Waals surface area contributed by atoms with Crippen LogP contribution in [-0.4, -0.2) is 45.3 Å². The lowest BCUT2D eigenvalue weighted by molar-refractivity contribution is -0.140. The van der Waals surface area contributed by atoms with Crippen LogP contribution in [0.25, 0.3) is 0 Å². The fraction of sp³-hybridized carbons (Fsp3) is 0.619. The van der Waals surface area contributed by atoms with Crippen LogP contribution in [0.2, 0.25) is 0 Å². The van der Waals surface area contributed by atoms with Gasteiger partial charge in [-0.15, -0.1) is 0 Å². The molecule has 0 aliphatic carbocycles. The number of hydrogen-bond donors (Lipinski definition) is 2. The molecule has 0 spiro atoms. The zero-order chi connectivity index (χ0) is 20.8. The van der Waals surface area contributed by atoms with Crippen LogP contribution < -0.4 is 20.1 Å². The van der Waals surface area contributed by atoms with Crippen molar-refractivity contribution in [2.75, 3.05) is 33.4 Å². The lowest BCUT2D eigenvalue weighted by Gasteiger charge is -2.20. The molecule has 0 aliphatic rings. The van der Waals surface area contributed by atoms with Crippen LogP contribution in [0.1, 0.15) is 58.6 Å². The van der Waals surface area contributed by atoms with Crippen LogP contribution in [0.5, 0.6) is 11.5 Å². The predicted molar refractivity (Wildman–Crippen MR) is 112 cm³/mol. The van der Waals surface area contributed by atoms with E-state index in [1.807, 2.05) is 39.0 Å². The molecule has 7 nitrogen and oxygen atoms in total. The van der Waals surface area contributed by atoms with Gasteiger partial charge >= 0.3 is 5.97 Å². The van der Waals surface area contributed by atoms with Gasteiger partial charge in [0.2, 0.25) is 0 Å². The molecule has 1 aromatic rings. The van der Waals surface area contributed by atoms with Crippen molar-refractivity contribution in [3.05, 3.63) is 23.8 Å². The Morgan fingerprint density at radius 3 is 2.46 bits per heavy atom. The summed E-state index contributed by atoms with van der Waals surface area (Å²) in [5.74, 6) is 2.08. The number of unbranched alkanes of at least 4 members (excludes halogenated alkanes) is 1. The number of rotatable bonds is 12. The Kier molecular flexibility index (Phi) is 11.5. The number of methoxy groups -OCH3 is 1. The number of nitrogens with one attached hydrogen (secondary N) is 2. The first-order valence-corrected chi connectivity index (χ1v) is 10.1. The third-order valence-corrected chi connectivity index (χ3v) is 4.05. The molecule has 0 radical (unpaired) electrons. The second kappa shape index (κ2) is 13.7. The molecule has 158 valence electrons. The summed E-state index contributed by atoms with van der Waals surface area (Å²) >= 11 is 0. The Labute approximate surface area is 168 Å². The number of hydrogen-bond acceptors (Lipinski definition) is 5. The van der Waals surface area contributed by atoms with Crippen LogP contribution in [0.4, 0.5) is 0 Å². The van der Waals surface area contributed by atoms with E-state index < -0.39 is 0 Å². The number of aliphatic imine (C=N–C) groups is 1. The Morgan fingerprint density at radius 2 is 1.82 bits per heavy atom. The molecule has 0 aromatic heterocycles. The van der Waals surface area contributed by atoms with Crippen LogP contribution >= 0.6 is 0 Å². The van der Waals surface area contributed by atoms with Gasteiger partial charge in [-0.25, -0.2) is 0 Å². The Bertz CT molecular complexity index is 620. The van der Waals surface area contributed by atoms with Gasteiger partial charge in [-0.2, -0.15) is 0 Å². The maximum atomic E-state index is 11.2. The van der Waals surface area contributed by atoms with E-state index in [1.165, 1.54) is 7.11 Å². The molecule has 0 aliphatic heterocycles. The lowest BCUT2D eigenvalue weighted by atomic mass is 10.1. The average Bonchev–Trinajstić information content (AvgIpc) is 2.69. The van der Waals surface area contributed by atoms with E-state index >= 15 is 0 Å². The first-order valence-electron chi connectivity index (χ1n) is 10.1. The van der Waals surface area contributed by atoms with Gasteiger partial charge in [-0.1, -0.05) is 6.07 Å². The fourth-order valence-corrected chi connectivity index (χ4v) is 2.62. The van der Waals surface area contributed by atoms with E-state index in [-0.39, 0.29) is 12.0 Å². The summed E-state index contributed by atoms with van der Waals surface area (Å²) in [5, 5.41) is 6.67. The van der Waals surface area contributed by atoms with Crippen LogP contribution in [0, 0.1) is 0 Å². The first kappa shape index (κ1) is 23.6. The highest BCUT2D eigenvalue weighted by molar-refractivity contribution is 5.80. The average molecular weight is 394 g/mol. The van der Waals surface area contributed by atoms with E-state index in [0.29, 0.717) is 26.2 Å². The summed E-state index contributed by atoms with van der Waals surface area (Å²) in [6.45, 7) is 10.6. The normalized spacial score (nSPS) is 12.2. The number of ether oxygens (including phenoxy) is 3. The molecular weight excluding hydrogens is 358 g/mol. The third kappa shape index (κ3) is 8.50. The van der Waals surface area contributed by atoms with Gasteiger partial charge in [0.1, 0.15) is 0 Å². The van der Waals surface area contributed by atoms with Gasteiger partial charge in [-0.05, 0) is 58.2 Å². The molecule has 2 N–H and O–H groups in total. The van der Waals surface area contributed by atoms with Gasteiger partial charge in [-0.3, -0.25) is 9.79 Å². The van der Waals surface area contributed by atoms with Gasteiger partial charge in [0.25, 0.3) is 0 Å². The van der Waals surface area contributed by atoms with Gasteiger partial charge in [0.15, 0.2) is 17.5 Å². The van der Waals surface area contributed by atoms with Crippen molar-refractivity contribution in [2.45, 2.75) is 53.0 Å². The van der Waals surface area contributed by atoms with Crippen molar-refractivity contribution < 1.29 is 19.0 Å². The largest absolute Gasteiger partial charge is 0.490 e. The zero-order valence-electron chi connectivity index (χ0n) is 17.8. The Balaban J connectivity index is 2.71. The van der Waals surface area contributed by atoms with E-state index in [4.69, 9.17) is 9.47 Å². The molecule has 1 aromatic carbocycles. The van der Waals surface area contributed by atoms with Crippen molar-refractivity contribution in [3.63, 3.8) is 0 Å². The Morgan fingerprint density at radius 1 is 1.11 bits per heavy atom. The highest BCUT2D eigenvalue weighted by Gasteiger charge is 2.12. The quantitative estimate of drug-likeness (QED) is 0.245. The zero-order valence-corrected chi connectivity index (χ0v) is 17.8. The van der Waals surface area contributed by atoms with Gasteiger partial charge < -0.3 is 24.8 Å². The minimum atomic E-state index is -0.178. The first-order chi connectivity index (χ1) is 13.5. The maximum absolute atomic E-state index is 11.2. The molecule has 0 saturated heterocycles. The van der Waals surface area contributed by atoms with Crippen molar-refractivity contribution >= 4 is 11.9 Å². The number of benzene rings is 1. The fourth-order valence-electron chi connectivity index (χ4n) is 2.62. The third-order valence-electron chi connectivity index (χ3n) is 4.05. The molecular formula is C21H35N3O4. The van der Waals surface area contributed by atoms with Crippen molar-refractivity contribution in [1.29, 1.82) is 0 Å². The highest BCUT2D eigenvalue weighted by Crippen LogP contribution is 2.30. The smallest absolute Gasteiger partial charge is 0.305 e. The van der Waals surface area contributed by atoms with Crippen molar-refractivity contribution in [2.24, 2.45) is 4.99 Å². The SMILES string of the molecule is CCNC(=NCCCCC(=O)OC)NC(C)c1ccc(OCC)c(OCC)c1. The summed E-state index contributed by atoms with van der Waals surface area (Å²) in [5.41, 5.74) is 1.09. The molecule has 0 bridgehead atoms. The van der Waals surface area contributed by atoms with Gasteiger partial charge in [0.05, 0.1) is 26.4 Å². The standard InChI is InChI=1S/C21H35N3O4/c1-6-22-21(23-14-10-9-11-20(25)26-5)24-16(4)17-12-13-18(27-7-2)19(15-17)28-8-3/h12-13,15-16H,6-11,14H2,1-5H3,(H2,22,23,24). The lowest BCUT2D eigenvalue weighted by Crippen LogP contribution is -2.38. The molecule has 1 rings (SSSR count). The van der Waals surface area contributed by atoms with E-state index in [2.05, 4.69) is 27.3 Å². The summed E-state index contributed by atoms with van der Waals surface area (Å²) in [4.78, 5) is 15.7. The number of esters is 1. The van der Waals surface area contributed by atoms with Crippen LogP contribution in [0.3, 0.4) is 0 Å². The van der Waals surface area contributed by atoms with Crippen molar-refractivity contribution in [1.82, 2.24) is 10.6 Å². The highest BCUT2D eigenvalue weighted by atomic mass is 16.5. The van der Waals surface area contributed by atoms with Gasteiger partial charge in [0, 0.05) is 19.5 Å². The predicted octanol–water partition coefficient (Wildman–Crippen LogP) is 3.44. The topological polar surface area (TPSA) is 81.2 Å². The molecule has 0 saturated carbocycles.